The summed E-state index contributed by atoms with van der Waals surface area (Å²) in [5, 5.41) is 11.5. The van der Waals surface area contributed by atoms with E-state index in [-0.39, 0.29) is 24.7 Å². The van der Waals surface area contributed by atoms with Crippen LogP contribution in [-0.2, 0) is 31.8 Å². The first-order chi connectivity index (χ1) is 16.0. The van der Waals surface area contributed by atoms with Crippen molar-refractivity contribution in [2.75, 3.05) is 19.5 Å². The van der Waals surface area contributed by atoms with Gasteiger partial charge in [0.2, 0.25) is 5.37 Å². The van der Waals surface area contributed by atoms with Crippen molar-refractivity contribution in [3.8, 4) is 11.5 Å². The van der Waals surface area contributed by atoms with E-state index in [2.05, 4.69) is 5.32 Å². The van der Waals surface area contributed by atoms with Gasteiger partial charge in [-0.05, 0) is 29.8 Å². The number of carbonyl (C=O) groups excluding carboxylic acids is 3. The number of para-hydroxylation sites is 1. The van der Waals surface area contributed by atoms with Crippen molar-refractivity contribution in [1.29, 1.82) is 0 Å². The predicted octanol–water partition coefficient (Wildman–Crippen LogP) is 2.10. The summed E-state index contributed by atoms with van der Waals surface area (Å²) < 4.78 is 16.0. The highest BCUT2D eigenvalue weighted by molar-refractivity contribution is 8.11. The zero-order chi connectivity index (χ0) is 23.4. The smallest absolute Gasteiger partial charge is 0.506 e. The lowest BCUT2D eigenvalue weighted by Gasteiger charge is -2.43. The van der Waals surface area contributed by atoms with Crippen molar-refractivity contribution in [2.45, 2.75) is 18.0 Å². The molecule has 33 heavy (non-hydrogen) atoms. The first-order valence-electron chi connectivity index (χ1n) is 10.1. The molecule has 2 amide bonds. The first-order valence-corrected chi connectivity index (χ1v) is 11.6. The fraction of sp³-hybridized carbons (Fsp3) is 0.261. The van der Waals surface area contributed by atoms with Crippen LogP contribution in [0.5, 0.6) is 11.5 Å². The Kier molecular flexibility index (Phi) is 6.74. The van der Waals surface area contributed by atoms with E-state index in [1.165, 1.54) is 11.1 Å². The molecule has 0 aromatic heterocycles. The number of ether oxygens (including phenoxy) is 3. The molecule has 2 aliphatic heterocycles. The van der Waals surface area contributed by atoms with Crippen LogP contribution in [0.25, 0.3) is 0 Å². The number of methoxy groups -OCH3 is 1. The lowest BCUT2D eigenvalue weighted by molar-refractivity contribution is -0.145. The Hall–Kier alpha value is -3.66. The Morgan fingerprint density at radius 2 is 1.85 bits per heavy atom. The molecule has 0 saturated carbocycles. The molecule has 2 aromatic carbocycles. The van der Waals surface area contributed by atoms with Gasteiger partial charge in [0.15, 0.2) is 24.2 Å². The minimum Gasteiger partial charge on any atom is -0.506 e. The van der Waals surface area contributed by atoms with Crippen molar-refractivity contribution < 1.29 is 33.7 Å². The van der Waals surface area contributed by atoms with Gasteiger partial charge in [0.25, 0.3) is 11.8 Å². The van der Waals surface area contributed by atoms with Crippen LogP contribution in [0.3, 0.4) is 0 Å². The Balaban J connectivity index is 1.37. The lowest BCUT2D eigenvalue weighted by atomic mass is 10.1. The van der Waals surface area contributed by atoms with Crippen LogP contribution in [0, 0.1) is 0 Å². The fourth-order valence-corrected chi connectivity index (χ4v) is 5.52. The number of rotatable bonds is 7. The molecule has 2 heterocycles. The standard InChI is InChI=1S/C23H22N2O7S/c1-30-17-9-7-15(8-10-17)12-32-23(29)33-14-16(26)11-25-21(28)20(22(25)33)24-19(27)13-31-18-5-3-2-4-6-18/h2-11,20,22H,12-14H2,1H3,(H-,24,26,27)/p+1/t20?,22-,33?/m1/s1. The normalized spacial score (nSPS) is 21.2. The van der Waals surface area contributed by atoms with E-state index >= 15 is 0 Å². The Labute approximate surface area is 193 Å². The summed E-state index contributed by atoms with van der Waals surface area (Å²) >= 11 is 0. The van der Waals surface area contributed by atoms with E-state index < -0.39 is 39.4 Å². The summed E-state index contributed by atoms with van der Waals surface area (Å²) in [5.41, 5.74) is 0.772. The van der Waals surface area contributed by atoms with Crippen molar-refractivity contribution in [3.63, 3.8) is 0 Å². The van der Waals surface area contributed by atoms with Gasteiger partial charge >= 0.3 is 5.30 Å². The number of hydrogen-bond acceptors (Lipinski definition) is 7. The molecule has 0 aliphatic carbocycles. The summed E-state index contributed by atoms with van der Waals surface area (Å²) in [6.07, 6.45) is 1.30. The average molecular weight is 472 g/mol. The lowest BCUT2D eigenvalue weighted by Crippen LogP contribution is -2.73. The number of nitrogens with zero attached hydrogens (tertiary/aromatic N) is 1. The van der Waals surface area contributed by atoms with Crippen molar-refractivity contribution >= 4 is 28.0 Å². The molecule has 2 aromatic rings. The minimum atomic E-state index is -1.15. The number of hydrogen-bond donors (Lipinski definition) is 2. The Morgan fingerprint density at radius 1 is 1.12 bits per heavy atom. The van der Waals surface area contributed by atoms with Gasteiger partial charge in [-0.2, -0.15) is 4.79 Å². The van der Waals surface area contributed by atoms with Gasteiger partial charge < -0.3 is 24.6 Å². The van der Waals surface area contributed by atoms with E-state index in [4.69, 9.17) is 14.2 Å². The van der Waals surface area contributed by atoms with E-state index in [1.807, 2.05) is 6.07 Å². The number of nitrogens with one attached hydrogen (secondary N) is 1. The molecule has 4 rings (SSSR count). The van der Waals surface area contributed by atoms with Crippen LogP contribution in [0.1, 0.15) is 5.56 Å². The van der Waals surface area contributed by atoms with E-state index in [1.54, 1.807) is 55.6 Å². The molecule has 1 saturated heterocycles. The van der Waals surface area contributed by atoms with E-state index in [0.717, 1.165) is 5.56 Å². The zero-order valence-electron chi connectivity index (χ0n) is 17.8. The molecule has 2 aliphatic rings. The van der Waals surface area contributed by atoms with Gasteiger partial charge in [-0.15, -0.1) is 0 Å². The number of carbonyl (C=O) groups is 3. The summed E-state index contributed by atoms with van der Waals surface area (Å²) in [6.45, 7) is -0.225. The molecule has 0 bridgehead atoms. The topological polar surface area (TPSA) is 114 Å². The zero-order valence-corrected chi connectivity index (χ0v) is 18.6. The third kappa shape index (κ3) is 5.06. The van der Waals surface area contributed by atoms with Gasteiger partial charge in [-0.25, -0.2) is 0 Å². The third-order valence-corrected chi connectivity index (χ3v) is 7.36. The summed E-state index contributed by atoms with van der Waals surface area (Å²) in [6, 6.07) is 15.0. The Bertz CT molecular complexity index is 1060. The highest BCUT2D eigenvalue weighted by atomic mass is 32.2. The molecule has 2 unspecified atom stereocenters. The SMILES string of the molecule is COc1ccc(COC(=O)[S+]2CC(O)=CN3C(=O)C(NC(=O)COc4ccccc4)[C@H]32)cc1. The van der Waals surface area contributed by atoms with Gasteiger partial charge in [0.1, 0.15) is 29.0 Å². The molecule has 2 N–H and O–H groups in total. The fourth-order valence-electron chi connectivity index (χ4n) is 3.48. The Morgan fingerprint density at radius 3 is 2.55 bits per heavy atom. The van der Waals surface area contributed by atoms with Crippen LogP contribution in [0.4, 0.5) is 4.79 Å². The molecule has 3 atom stereocenters. The number of amides is 2. The number of fused-ring (bicyclic) bond motifs is 1. The highest BCUT2D eigenvalue weighted by Crippen LogP contribution is 2.34. The minimum absolute atomic E-state index is 0.0411. The van der Waals surface area contributed by atoms with Crippen molar-refractivity contribution in [1.82, 2.24) is 10.2 Å². The van der Waals surface area contributed by atoms with Gasteiger partial charge in [-0.3, -0.25) is 14.5 Å². The summed E-state index contributed by atoms with van der Waals surface area (Å²) in [4.78, 5) is 39.0. The molecule has 172 valence electrons. The van der Waals surface area contributed by atoms with Crippen LogP contribution < -0.4 is 14.8 Å². The largest absolute Gasteiger partial charge is 0.528 e. The maximum atomic E-state index is 12.8. The van der Waals surface area contributed by atoms with Crippen LogP contribution in [-0.4, -0.2) is 58.0 Å². The summed E-state index contributed by atoms with van der Waals surface area (Å²) in [5.74, 6) is 0.296. The first kappa shape index (κ1) is 22.5. The van der Waals surface area contributed by atoms with Gasteiger partial charge in [0, 0.05) is 0 Å². The third-order valence-electron chi connectivity index (χ3n) is 5.12. The second-order valence-electron chi connectivity index (χ2n) is 7.36. The van der Waals surface area contributed by atoms with Gasteiger partial charge in [-0.1, -0.05) is 30.3 Å². The van der Waals surface area contributed by atoms with Gasteiger partial charge in [0.05, 0.1) is 13.3 Å². The molecule has 0 spiro atoms. The number of aliphatic hydroxyl groups is 1. The molecule has 10 heteroatoms. The number of aliphatic hydroxyl groups excluding tert-OH is 1. The molecular formula is C23H23N2O7S+. The van der Waals surface area contributed by atoms with Crippen LogP contribution in [0.2, 0.25) is 0 Å². The van der Waals surface area contributed by atoms with Crippen molar-refractivity contribution in [2.24, 2.45) is 0 Å². The molecule has 0 radical (unpaired) electrons. The quantitative estimate of drug-likeness (QED) is 0.361. The maximum absolute atomic E-state index is 12.8. The molecule has 1 fully saturated rings. The number of benzene rings is 2. The maximum Gasteiger partial charge on any atom is 0.528 e. The molecular weight excluding hydrogens is 448 g/mol. The predicted molar refractivity (Wildman–Crippen MR) is 121 cm³/mol. The second-order valence-corrected chi connectivity index (χ2v) is 9.33. The van der Waals surface area contributed by atoms with Crippen LogP contribution in [0.15, 0.2) is 66.6 Å². The second kappa shape index (κ2) is 9.86. The monoisotopic (exact) mass is 471 g/mol. The van der Waals surface area contributed by atoms with Crippen molar-refractivity contribution in [3.05, 3.63) is 72.1 Å². The van der Waals surface area contributed by atoms with E-state index in [0.29, 0.717) is 11.5 Å². The summed E-state index contributed by atoms with van der Waals surface area (Å²) in [7, 11) is 0.415. The highest BCUT2D eigenvalue weighted by Gasteiger charge is 2.63. The average Bonchev–Trinajstić information content (AvgIpc) is 2.85. The van der Waals surface area contributed by atoms with E-state index in [9.17, 15) is 19.5 Å². The molecule has 9 nitrogen and oxygen atoms in total. The van der Waals surface area contributed by atoms with Crippen LogP contribution >= 0.6 is 0 Å². The number of β-lactam (4-membered cyclic amide) rings is 1.